The molecule has 1 amide bonds. The molecule has 1 heterocycles. The van der Waals surface area contributed by atoms with Crippen molar-refractivity contribution in [3.05, 3.63) is 58.6 Å². The Hall–Kier alpha value is -2.03. The Bertz CT molecular complexity index is 573. The van der Waals surface area contributed by atoms with Crippen LogP contribution in [-0.2, 0) is 4.74 Å². The van der Waals surface area contributed by atoms with Gasteiger partial charge < -0.3 is 10.1 Å². The molecule has 1 aliphatic rings. The van der Waals surface area contributed by atoms with Gasteiger partial charge in [0.15, 0.2) is 0 Å². The molecular weight excluding hydrogens is 262 g/mol. The predicted octanol–water partition coefficient (Wildman–Crippen LogP) is 4.35. The molecule has 0 unspecified atom stereocenters. The van der Waals surface area contributed by atoms with Crippen LogP contribution in [-0.4, -0.2) is 12.5 Å². The molecule has 0 atom stereocenters. The first-order valence-electron chi connectivity index (χ1n) is 7.50. The van der Waals surface area contributed by atoms with Crippen LogP contribution in [0.3, 0.4) is 0 Å². The normalized spacial score (nSPS) is 14.5. The number of amides is 1. The second-order valence-corrected chi connectivity index (χ2v) is 5.36. The van der Waals surface area contributed by atoms with E-state index in [4.69, 9.17) is 4.74 Å². The smallest absolute Gasteiger partial charge is 0.251 e. The average molecular weight is 287 g/mol. The van der Waals surface area contributed by atoms with Crippen LogP contribution < -0.4 is 5.32 Å². The van der Waals surface area contributed by atoms with Crippen LogP contribution in [0, 0.1) is 6.92 Å². The number of rotatable bonds is 5. The lowest BCUT2D eigenvalue weighted by Crippen LogP contribution is -2.25. The Labute approximate surface area is 128 Å². The van der Waals surface area contributed by atoms with Crippen LogP contribution in [0.5, 0.6) is 0 Å². The summed E-state index contributed by atoms with van der Waals surface area (Å²) in [7, 11) is 0. The molecule has 0 fully saturated rings. The number of aryl methyl sites for hydroxylation is 1. The topological polar surface area (TPSA) is 38.3 Å². The zero-order chi connectivity index (χ0) is 15.2. The lowest BCUT2D eigenvalue weighted by atomic mass is 10.1. The van der Waals surface area contributed by atoms with Gasteiger partial charge in [0.05, 0.1) is 5.76 Å². The number of allylic oxidation sites excluding steroid dienone is 3. The highest BCUT2D eigenvalue weighted by Crippen LogP contribution is 2.24. The molecule has 3 nitrogen and oxygen atoms in total. The van der Waals surface area contributed by atoms with Crippen molar-refractivity contribution in [1.82, 2.24) is 5.32 Å². The molecule has 1 aliphatic heterocycles. The first-order valence-corrected chi connectivity index (χ1v) is 7.50. The maximum atomic E-state index is 12.0. The van der Waals surface area contributed by atoms with E-state index in [0.29, 0.717) is 12.1 Å². The Morgan fingerprint density at radius 2 is 2.00 bits per heavy atom. The molecular formula is C18H25NO2. The quantitative estimate of drug-likeness (QED) is 0.874. The monoisotopic (exact) mass is 287 g/mol. The minimum absolute atomic E-state index is 0. The highest BCUT2D eigenvalue weighted by atomic mass is 16.5. The highest BCUT2D eigenvalue weighted by molar-refractivity contribution is 5.94. The molecule has 0 saturated heterocycles. The van der Waals surface area contributed by atoms with E-state index in [1.54, 1.807) is 0 Å². The van der Waals surface area contributed by atoms with Gasteiger partial charge in [-0.1, -0.05) is 24.6 Å². The number of carbonyl (C=O) groups excluding carboxylic acids is 1. The summed E-state index contributed by atoms with van der Waals surface area (Å²) < 4.78 is 5.78. The van der Waals surface area contributed by atoms with E-state index in [1.807, 2.05) is 38.1 Å². The summed E-state index contributed by atoms with van der Waals surface area (Å²) in [5, 5.41) is 2.93. The highest BCUT2D eigenvalue weighted by Gasteiger charge is 2.11. The fourth-order valence-electron chi connectivity index (χ4n) is 2.34. The predicted molar refractivity (Wildman–Crippen MR) is 87.0 cm³/mol. The molecule has 2 rings (SSSR count). The molecule has 0 saturated carbocycles. The fraction of sp³-hybridized carbons (Fsp3) is 0.389. The number of nitrogens with one attached hydrogen (secondary N) is 1. The first-order chi connectivity index (χ1) is 10.1. The van der Waals surface area contributed by atoms with Gasteiger partial charge in [0.25, 0.3) is 5.91 Å². The molecule has 1 aromatic carbocycles. The Balaban J connectivity index is 0.00000242. The molecule has 21 heavy (non-hydrogen) atoms. The minimum atomic E-state index is -0.0343. The van der Waals surface area contributed by atoms with Gasteiger partial charge in [0, 0.05) is 20.0 Å². The van der Waals surface area contributed by atoms with Crippen molar-refractivity contribution in [2.45, 2.75) is 40.0 Å². The third-order valence-electron chi connectivity index (χ3n) is 3.76. The van der Waals surface area contributed by atoms with Crippen molar-refractivity contribution in [3.63, 3.8) is 0 Å². The molecule has 0 spiro atoms. The summed E-state index contributed by atoms with van der Waals surface area (Å²) in [6, 6.07) is 7.59. The van der Waals surface area contributed by atoms with Crippen LogP contribution in [0.25, 0.3) is 0 Å². The molecule has 114 valence electrons. The number of benzene rings is 1. The lowest BCUT2D eigenvalue weighted by molar-refractivity contribution is 0.0952. The number of hydrogen-bond acceptors (Lipinski definition) is 2. The van der Waals surface area contributed by atoms with Crippen molar-refractivity contribution in [3.8, 4) is 0 Å². The molecule has 0 aromatic heterocycles. The maximum absolute atomic E-state index is 12.0. The summed E-state index contributed by atoms with van der Waals surface area (Å²) in [6.45, 7) is 6.75. The SMILES string of the molecule is CCC1=C(C)OC(CCNC(=O)c2ccc(C)cc2)=CC1.[HH]. The van der Waals surface area contributed by atoms with E-state index in [-0.39, 0.29) is 7.33 Å². The minimum Gasteiger partial charge on any atom is -0.467 e. The molecule has 1 aromatic rings. The fourth-order valence-corrected chi connectivity index (χ4v) is 2.34. The van der Waals surface area contributed by atoms with Gasteiger partial charge >= 0.3 is 0 Å². The summed E-state index contributed by atoms with van der Waals surface area (Å²) in [5.41, 5.74) is 3.20. The van der Waals surface area contributed by atoms with E-state index in [1.165, 1.54) is 5.57 Å². The molecule has 1 N–H and O–H groups in total. The Morgan fingerprint density at radius 1 is 1.29 bits per heavy atom. The largest absolute Gasteiger partial charge is 0.467 e. The van der Waals surface area contributed by atoms with Crippen molar-refractivity contribution in [2.24, 2.45) is 0 Å². The summed E-state index contributed by atoms with van der Waals surface area (Å²) in [6.07, 6.45) is 4.83. The summed E-state index contributed by atoms with van der Waals surface area (Å²) >= 11 is 0. The van der Waals surface area contributed by atoms with E-state index in [2.05, 4.69) is 18.3 Å². The number of ether oxygens (including phenoxy) is 1. The third-order valence-corrected chi connectivity index (χ3v) is 3.76. The van der Waals surface area contributed by atoms with Gasteiger partial charge in [-0.05, 0) is 50.5 Å². The van der Waals surface area contributed by atoms with Gasteiger partial charge in [0.1, 0.15) is 5.76 Å². The standard InChI is InChI=1S/C18H23NO2.H2/c1-4-15-9-10-17(21-14(15)3)11-12-19-18(20)16-7-5-13(2)6-8-16;/h5-8,10H,4,9,11-12H2,1-3H3,(H,19,20);1H. The van der Waals surface area contributed by atoms with Gasteiger partial charge in [0.2, 0.25) is 0 Å². The van der Waals surface area contributed by atoms with Gasteiger partial charge in [-0.15, -0.1) is 0 Å². The van der Waals surface area contributed by atoms with Crippen molar-refractivity contribution < 1.29 is 11.0 Å². The molecule has 0 aliphatic carbocycles. The van der Waals surface area contributed by atoms with E-state index in [9.17, 15) is 4.79 Å². The van der Waals surface area contributed by atoms with Gasteiger partial charge in [-0.25, -0.2) is 0 Å². The lowest BCUT2D eigenvalue weighted by Gasteiger charge is -2.19. The third kappa shape index (κ3) is 4.22. The summed E-state index contributed by atoms with van der Waals surface area (Å²) in [4.78, 5) is 12.0. The van der Waals surface area contributed by atoms with Crippen LogP contribution in [0.4, 0.5) is 0 Å². The Morgan fingerprint density at radius 3 is 2.62 bits per heavy atom. The van der Waals surface area contributed by atoms with Crippen molar-refractivity contribution in [2.75, 3.05) is 6.54 Å². The van der Waals surface area contributed by atoms with Gasteiger partial charge in [-0.3, -0.25) is 4.79 Å². The van der Waals surface area contributed by atoms with E-state index in [0.717, 1.165) is 36.3 Å². The van der Waals surface area contributed by atoms with Crippen LogP contribution in [0.15, 0.2) is 47.4 Å². The second kappa shape index (κ2) is 7.11. The number of hydrogen-bond donors (Lipinski definition) is 1. The molecule has 0 radical (unpaired) electrons. The molecule has 0 bridgehead atoms. The van der Waals surface area contributed by atoms with Crippen LogP contribution >= 0.6 is 0 Å². The van der Waals surface area contributed by atoms with Crippen LogP contribution in [0.1, 0.15) is 50.5 Å². The average Bonchev–Trinajstić information content (AvgIpc) is 2.48. The van der Waals surface area contributed by atoms with E-state index < -0.39 is 0 Å². The van der Waals surface area contributed by atoms with Crippen molar-refractivity contribution >= 4 is 5.91 Å². The van der Waals surface area contributed by atoms with Crippen LogP contribution in [0.2, 0.25) is 0 Å². The maximum Gasteiger partial charge on any atom is 0.251 e. The van der Waals surface area contributed by atoms with E-state index >= 15 is 0 Å². The first kappa shape index (κ1) is 15.4. The zero-order valence-electron chi connectivity index (χ0n) is 13.0. The Kier molecular flexibility index (Phi) is 5.20. The van der Waals surface area contributed by atoms with Crippen molar-refractivity contribution in [1.29, 1.82) is 0 Å². The summed E-state index contributed by atoms with van der Waals surface area (Å²) in [5.74, 6) is 1.93. The molecule has 3 heteroatoms. The number of carbonyl (C=O) groups is 1. The second-order valence-electron chi connectivity index (χ2n) is 5.36. The van der Waals surface area contributed by atoms with Gasteiger partial charge in [-0.2, -0.15) is 0 Å². The zero-order valence-corrected chi connectivity index (χ0v) is 13.0.